The molecule has 0 aliphatic rings. The highest BCUT2D eigenvalue weighted by molar-refractivity contribution is 5.28. The molecule has 1 rings (SSSR count). The number of ether oxygens (including phenoxy) is 1. The third-order valence-corrected chi connectivity index (χ3v) is 3.51. The van der Waals surface area contributed by atoms with E-state index in [0.29, 0.717) is 11.8 Å². The first-order valence-electron chi connectivity index (χ1n) is 7.40. The number of anilines is 1. The molecule has 19 heavy (non-hydrogen) atoms. The van der Waals surface area contributed by atoms with E-state index in [1.165, 1.54) is 0 Å². The number of nitrogens with one attached hydrogen (secondary N) is 1. The summed E-state index contributed by atoms with van der Waals surface area (Å²) >= 11 is 0. The van der Waals surface area contributed by atoms with Crippen molar-refractivity contribution in [2.75, 3.05) is 25.1 Å². The molecular weight excluding hydrogens is 238 g/mol. The molecule has 1 aromatic rings. The molecule has 4 heteroatoms. The Labute approximate surface area is 117 Å². The molecule has 0 saturated carbocycles. The molecular formula is C15H29N3O. The van der Waals surface area contributed by atoms with Gasteiger partial charge in [0, 0.05) is 32.5 Å². The molecule has 0 fully saturated rings. The predicted octanol–water partition coefficient (Wildman–Crippen LogP) is 3.32. The first-order valence-corrected chi connectivity index (χ1v) is 7.40. The minimum atomic E-state index is 0.647. The van der Waals surface area contributed by atoms with Crippen molar-refractivity contribution in [1.82, 2.24) is 9.55 Å². The van der Waals surface area contributed by atoms with Gasteiger partial charge in [-0.3, -0.25) is 0 Å². The van der Waals surface area contributed by atoms with Crippen molar-refractivity contribution >= 4 is 5.95 Å². The fourth-order valence-electron chi connectivity index (χ4n) is 1.83. The molecule has 1 unspecified atom stereocenters. The SMILES string of the molecule is CCOCCCn1cc(C)nc1NCC(C)C(C)C. The lowest BCUT2D eigenvalue weighted by Gasteiger charge is -2.17. The van der Waals surface area contributed by atoms with Crippen molar-refractivity contribution in [2.24, 2.45) is 11.8 Å². The van der Waals surface area contributed by atoms with Crippen molar-refractivity contribution in [3.8, 4) is 0 Å². The van der Waals surface area contributed by atoms with E-state index in [0.717, 1.165) is 44.4 Å². The second kappa shape index (κ2) is 8.20. The quantitative estimate of drug-likeness (QED) is 0.698. The highest BCUT2D eigenvalue weighted by Crippen LogP contribution is 2.13. The first kappa shape index (κ1) is 16.0. The summed E-state index contributed by atoms with van der Waals surface area (Å²) in [4.78, 5) is 4.55. The van der Waals surface area contributed by atoms with Gasteiger partial charge in [-0.2, -0.15) is 0 Å². The highest BCUT2D eigenvalue weighted by Gasteiger charge is 2.10. The summed E-state index contributed by atoms with van der Waals surface area (Å²) in [7, 11) is 0. The Bertz CT molecular complexity index is 360. The van der Waals surface area contributed by atoms with Crippen LogP contribution >= 0.6 is 0 Å². The molecule has 0 aliphatic heterocycles. The van der Waals surface area contributed by atoms with Gasteiger partial charge in [-0.25, -0.2) is 4.98 Å². The van der Waals surface area contributed by atoms with Gasteiger partial charge in [0.1, 0.15) is 0 Å². The third kappa shape index (κ3) is 5.64. The van der Waals surface area contributed by atoms with E-state index in [1.807, 2.05) is 13.8 Å². The van der Waals surface area contributed by atoms with Gasteiger partial charge in [0.05, 0.1) is 5.69 Å². The fraction of sp³-hybridized carbons (Fsp3) is 0.800. The number of hydrogen-bond donors (Lipinski definition) is 1. The highest BCUT2D eigenvalue weighted by atomic mass is 16.5. The van der Waals surface area contributed by atoms with Crippen molar-refractivity contribution in [2.45, 2.75) is 47.6 Å². The third-order valence-electron chi connectivity index (χ3n) is 3.51. The molecule has 1 aromatic heterocycles. The summed E-state index contributed by atoms with van der Waals surface area (Å²) in [6.07, 6.45) is 3.13. The topological polar surface area (TPSA) is 39.1 Å². The maximum atomic E-state index is 5.38. The zero-order chi connectivity index (χ0) is 14.3. The van der Waals surface area contributed by atoms with Crippen molar-refractivity contribution in [3.05, 3.63) is 11.9 Å². The smallest absolute Gasteiger partial charge is 0.203 e. The van der Waals surface area contributed by atoms with Crippen LogP contribution in [0.1, 0.15) is 39.8 Å². The largest absolute Gasteiger partial charge is 0.382 e. The van der Waals surface area contributed by atoms with Crippen LogP contribution in [-0.4, -0.2) is 29.3 Å². The van der Waals surface area contributed by atoms with Crippen LogP contribution in [0.15, 0.2) is 6.20 Å². The number of aromatic nitrogens is 2. The van der Waals surface area contributed by atoms with Gasteiger partial charge in [0.15, 0.2) is 0 Å². The number of rotatable bonds is 9. The Morgan fingerprint density at radius 1 is 1.37 bits per heavy atom. The molecule has 0 amide bonds. The van der Waals surface area contributed by atoms with E-state index in [-0.39, 0.29) is 0 Å². The molecule has 1 heterocycles. The zero-order valence-electron chi connectivity index (χ0n) is 13.1. The Hall–Kier alpha value is -1.03. The summed E-state index contributed by atoms with van der Waals surface area (Å²) < 4.78 is 7.57. The van der Waals surface area contributed by atoms with Crippen molar-refractivity contribution in [3.63, 3.8) is 0 Å². The van der Waals surface area contributed by atoms with Crippen molar-refractivity contribution < 1.29 is 4.74 Å². The molecule has 0 radical (unpaired) electrons. The minimum Gasteiger partial charge on any atom is -0.382 e. The van der Waals surface area contributed by atoms with Crippen LogP contribution < -0.4 is 5.32 Å². The van der Waals surface area contributed by atoms with Crippen LogP contribution in [0, 0.1) is 18.8 Å². The van der Waals surface area contributed by atoms with E-state index in [4.69, 9.17) is 4.74 Å². The van der Waals surface area contributed by atoms with Gasteiger partial charge >= 0.3 is 0 Å². The Morgan fingerprint density at radius 3 is 2.74 bits per heavy atom. The van der Waals surface area contributed by atoms with Crippen LogP contribution in [0.5, 0.6) is 0 Å². The summed E-state index contributed by atoms with van der Waals surface area (Å²) in [6, 6.07) is 0. The van der Waals surface area contributed by atoms with Gasteiger partial charge in [0.2, 0.25) is 5.95 Å². The normalized spacial score (nSPS) is 12.9. The van der Waals surface area contributed by atoms with Crippen LogP contribution in [-0.2, 0) is 11.3 Å². The van der Waals surface area contributed by atoms with Crippen LogP contribution in [0.2, 0.25) is 0 Å². The predicted molar refractivity (Wildman–Crippen MR) is 80.6 cm³/mol. The lowest BCUT2D eigenvalue weighted by atomic mass is 9.98. The molecule has 0 aliphatic carbocycles. The summed E-state index contributed by atoms with van der Waals surface area (Å²) in [6.45, 7) is 14.4. The van der Waals surface area contributed by atoms with E-state index >= 15 is 0 Å². The lowest BCUT2D eigenvalue weighted by Crippen LogP contribution is -2.18. The van der Waals surface area contributed by atoms with Gasteiger partial charge < -0.3 is 14.6 Å². The van der Waals surface area contributed by atoms with Gasteiger partial charge in [-0.1, -0.05) is 20.8 Å². The lowest BCUT2D eigenvalue weighted by molar-refractivity contribution is 0.142. The molecule has 0 bridgehead atoms. The standard InChI is InChI=1S/C15H29N3O/c1-6-19-9-7-8-18-11-14(5)17-15(18)16-10-13(4)12(2)3/h11-13H,6-10H2,1-5H3,(H,16,17). The number of hydrogen-bond acceptors (Lipinski definition) is 3. The molecule has 0 saturated heterocycles. The number of imidazole rings is 1. The van der Waals surface area contributed by atoms with E-state index in [9.17, 15) is 0 Å². The minimum absolute atomic E-state index is 0.647. The molecule has 0 aromatic carbocycles. The summed E-state index contributed by atoms with van der Waals surface area (Å²) in [5.41, 5.74) is 1.07. The molecule has 1 N–H and O–H groups in total. The number of nitrogens with zero attached hydrogens (tertiary/aromatic N) is 2. The van der Waals surface area contributed by atoms with Crippen LogP contribution in [0.4, 0.5) is 5.95 Å². The Morgan fingerprint density at radius 2 is 2.11 bits per heavy atom. The van der Waals surface area contributed by atoms with E-state index < -0.39 is 0 Å². The maximum absolute atomic E-state index is 5.38. The second-order valence-corrected chi connectivity index (χ2v) is 5.55. The monoisotopic (exact) mass is 267 g/mol. The molecule has 4 nitrogen and oxygen atoms in total. The number of aryl methyl sites for hydroxylation is 2. The maximum Gasteiger partial charge on any atom is 0.203 e. The Balaban J connectivity index is 2.48. The van der Waals surface area contributed by atoms with Gasteiger partial charge in [-0.05, 0) is 32.1 Å². The van der Waals surface area contributed by atoms with Gasteiger partial charge in [0.25, 0.3) is 0 Å². The summed E-state index contributed by atoms with van der Waals surface area (Å²) in [5.74, 6) is 2.32. The first-order chi connectivity index (χ1) is 9.04. The Kier molecular flexibility index (Phi) is 6.92. The molecule has 1 atom stereocenters. The van der Waals surface area contributed by atoms with Crippen LogP contribution in [0.3, 0.4) is 0 Å². The van der Waals surface area contributed by atoms with E-state index in [1.54, 1.807) is 0 Å². The second-order valence-electron chi connectivity index (χ2n) is 5.55. The average Bonchev–Trinajstić information content (AvgIpc) is 2.72. The van der Waals surface area contributed by atoms with Gasteiger partial charge in [-0.15, -0.1) is 0 Å². The molecule has 110 valence electrons. The average molecular weight is 267 g/mol. The summed E-state index contributed by atoms with van der Waals surface area (Å²) in [5, 5.41) is 3.47. The van der Waals surface area contributed by atoms with Crippen molar-refractivity contribution in [1.29, 1.82) is 0 Å². The fourth-order valence-corrected chi connectivity index (χ4v) is 1.83. The van der Waals surface area contributed by atoms with Crippen LogP contribution in [0.25, 0.3) is 0 Å². The van der Waals surface area contributed by atoms with E-state index in [2.05, 4.69) is 41.8 Å². The zero-order valence-corrected chi connectivity index (χ0v) is 13.1. The molecule has 0 spiro atoms.